The zero-order chi connectivity index (χ0) is 34.9. The highest BCUT2D eigenvalue weighted by molar-refractivity contribution is 7.26. The zero-order valence-electron chi connectivity index (χ0n) is 28.5. The molecule has 0 saturated carbocycles. The maximum absolute atomic E-state index is 6.45. The Balaban J connectivity index is 1.06. The third-order valence-electron chi connectivity index (χ3n) is 10.5. The van der Waals surface area contributed by atoms with Gasteiger partial charge in [-0.15, -0.1) is 11.3 Å². The molecule has 3 nitrogen and oxygen atoms in total. The normalized spacial score (nSPS) is 11.8. The molecule has 0 N–H and O–H groups in total. The van der Waals surface area contributed by atoms with Crippen LogP contribution in [-0.4, -0.2) is 4.98 Å². The molecule has 0 aliphatic carbocycles. The number of fused-ring (bicyclic) bond motifs is 8. The lowest BCUT2D eigenvalue weighted by Crippen LogP contribution is -2.09. The van der Waals surface area contributed by atoms with Gasteiger partial charge in [0, 0.05) is 48.2 Å². The second-order valence-corrected chi connectivity index (χ2v) is 14.6. The lowest BCUT2D eigenvalue weighted by molar-refractivity contribution is 0.621. The summed E-state index contributed by atoms with van der Waals surface area (Å²) < 4.78 is 8.87. The predicted octanol–water partition coefficient (Wildman–Crippen LogP) is 14.5. The van der Waals surface area contributed by atoms with E-state index in [4.69, 9.17) is 9.40 Å². The number of nitrogens with zero attached hydrogens (tertiary/aromatic N) is 2. The van der Waals surface area contributed by atoms with E-state index in [-0.39, 0.29) is 0 Å². The fraction of sp³-hybridized carbons (Fsp3) is 0. The summed E-state index contributed by atoms with van der Waals surface area (Å²) in [5, 5.41) is 9.57. The van der Waals surface area contributed by atoms with Gasteiger partial charge in [-0.05, 0) is 92.7 Å². The molecule has 248 valence electrons. The summed E-state index contributed by atoms with van der Waals surface area (Å²) >= 11 is 1.81. The highest BCUT2D eigenvalue weighted by atomic mass is 32.1. The molecule has 0 saturated heterocycles. The van der Waals surface area contributed by atoms with Gasteiger partial charge in [0.25, 0.3) is 0 Å². The first kappa shape index (κ1) is 29.9. The lowest BCUT2D eigenvalue weighted by atomic mass is 9.98. The maximum atomic E-state index is 6.45. The van der Waals surface area contributed by atoms with Crippen LogP contribution in [0.5, 0.6) is 0 Å². The van der Waals surface area contributed by atoms with Crippen molar-refractivity contribution in [3.63, 3.8) is 0 Å². The first-order valence-corrected chi connectivity index (χ1v) is 18.7. The molecule has 0 radical (unpaired) electrons. The maximum Gasteiger partial charge on any atom is 0.228 e. The first-order valence-electron chi connectivity index (χ1n) is 17.9. The average Bonchev–Trinajstić information content (AvgIpc) is 3.83. The van der Waals surface area contributed by atoms with Crippen LogP contribution in [0, 0.1) is 0 Å². The van der Waals surface area contributed by atoms with Gasteiger partial charge in [-0.1, -0.05) is 127 Å². The van der Waals surface area contributed by atoms with Crippen molar-refractivity contribution in [3.05, 3.63) is 182 Å². The first-order chi connectivity index (χ1) is 26.2. The van der Waals surface area contributed by atoms with Gasteiger partial charge in [0.2, 0.25) is 5.89 Å². The van der Waals surface area contributed by atoms with E-state index in [2.05, 4.69) is 181 Å². The second kappa shape index (κ2) is 11.9. The molecular weight excluding hydrogens is 665 g/mol. The summed E-state index contributed by atoms with van der Waals surface area (Å²) in [6.45, 7) is 0. The molecule has 4 heteroatoms. The number of oxazole rings is 1. The number of thiophene rings is 1. The van der Waals surface area contributed by atoms with Gasteiger partial charge in [-0.25, -0.2) is 4.98 Å². The Kier molecular flexibility index (Phi) is 6.73. The van der Waals surface area contributed by atoms with E-state index in [9.17, 15) is 0 Å². The molecule has 0 amide bonds. The van der Waals surface area contributed by atoms with Crippen molar-refractivity contribution in [3.8, 4) is 22.6 Å². The summed E-state index contributed by atoms with van der Waals surface area (Å²) in [5.41, 5.74) is 8.46. The molecule has 11 aromatic rings. The van der Waals surface area contributed by atoms with E-state index in [1.165, 1.54) is 52.8 Å². The molecule has 2 aromatic heterocycles. The number of hydrogen-bond acceptors (Lipinski definition) is 4. The highest BCUT2D eigenvalue weighted by Gasteiger charge is 2.19. The number of aromatic nitrogens is 1. The van der Waals surface area contributed by atoms with E-state index in [0.717, 1.165) is 44.5 Å². The summed E-state index contributed by atoms with van der Waals surface area (Å²) in [4.78, 5) is 7.44. The highest BCUT2D eigenvalue weighted by Crippen LogP contribution is 2.45. The minimum atomic E-state index is 0.648. The monoisotopic (exact) mass is 694 g/mol. The van der Waals surface area contributed by atoms with Gasteiger partial charge in [0.05, 0.1) is 0 Å². The van der Waals surface area contributed by atoms with Crippen molar-refractivity contribution < 1.29 is 4.42 Å². The summed E-state index contributed by atoms with van der Waals surface area (Å²) in [6, 6.07) is 65.2. The van der Waals surface area contributed by atoms with Gasteiger partial charge < -0.3 is 9.32 Å². The molecule has 0 aliphatic rings. The Morgan fingerprint density at radius 1 is 0.434 bits per heavy atom. The molecular formula is C49H30N2OS. The van der Waals surface area contributed by atoms with Crippen LogP contribution in [0.25, 0.3) is 86.2 Å². The molecule has 2 heterocycles. The van der Waals surface area contributed by atoms with Crippen LogP contribution in [-0.2, 0) is 0 Å². The molecule has 53 heavy (non-hydrogen) atoms. The van der Waals surface area contributed by atoms with Crippen LogP contribution < -0.4 is 4.90 Å². The topological polar surface area (TPSA) is 29.3 Å². The smallest absolute Gasteiger partial charge is 0.228 e. The quantitative estimate of drug-likeness (QED) is 0.180. The van der Waals surface area contributed by atoms with E-state index in [0.29, 0.717) is 5.89 Å². The van der Waals surface area contributed by atoms with E-state index in [1.54, 1.807) is 0 Å². The minimum absolute atomic E-state index is 0.648. The van der Waals surface area contributed by atoms with Gasteiger partial charge in [0.15, 0.2) is 5.58 Å². The lowest BCUT2D eigenvalue weighted by Gasteiger charge is -2.26. The van der Waals surface area contributed by atoms with Crippen molar-refractivity contribution in [1.82, 2.24) is 4.98 Å². The number of benzene rings is 9. The van der Waals surface area contributed by atoms with Crippen molar-refractivity contribution in [1.29, 1.82) is 0 Å². The minimum Gasteiger partial charge on any atom is -0.436 e. The molecule has 0 unspecified atom stereocenters. The Morgan fingerprint density at radius 3 is 1.94 bits per heavy atom. The van der Waals surface area contributed by atoms with Gasteiger partial charge >= 0.3 is 0 Å². The summed E-state index contributed by atoms with van der Waals surface area (Å²) in [7, 11) is 0. The van der Waals surface area contributed by atoms with E-state index < -0.39 is 0 Å². The molecule has 9 aromatic carbocycles. The van der Waals surface area contributed by atoms with Crippen LogP contribution >= 0.6 is 11.3 Å². The number of anilines is 3. The predicted molar refractivity (Wildman–Crippen MR) is 225 cm³/mol. The summed E-state index contributed by atoms with van der Waals surface area (Å²) in [5.74, 6) is 0.648. The fourth-order valence-electron chi connectivity index (χ4n) is 7.94. The van der Waals surface area contributed by atoms with E-state index >= 15 is 0 Å². The second-order valence-electron chi connectivity index (χ2n) is 13.6. The van der Waals surface area contributed by atoms with Crippen molar-refractivity contribution in [2.45, 2.75) is 0 Å². The van der Waals surface area contributed by atoms with E-state index in [1.807, 2.05) is 17.4 Å². The Hall–Kier alpha value is -6.75. The Morgan fingerprint density at radius 2 is 1.08 bits per heavy atom. The van der Waals surface area contributed by atoms with Crippen LogP contribution in [0.2, 0.25) is 0 Å². The molecule has 11 rings (SSSR count). The summed E-state index contributed by atoms with van der Waals surface area (Å²) in [6.07, 6.45) is 0. The SMILES string of the molecule is c1ccc2cc(N(c3ccc(-c4cccc5ccccc45)cc3)c3ccc4c(c3)sc3cccc(-c5nc6c(ccc7ccccc76)o5)c34)ccc2c1. The third kappa shape index (κ3) is 4.91. The average molecular weight is 695 g/mol. The van der Waals surface area contributed by atoms with Crippen LogP contribution in [0.1, 0.15) is 0 Å². The van der Waals surface area contributed by atoms with Crippen molar-refractivity contribution in [2.75, 3.05) is 4.90 Å². The van der Waals surface area contributed by atoms with Crippen LogP contribution in [0.15, 0.2) is 186 Å². The number of hydrogen-bond donors (Lipinski definition) is 0. The van der Waals surface area contributed by atoms with Crippen molar-refractivity contribution >= 4 is 92.0 Å². The fourth-order valence-corrected chi connectivity index (χ4v) is 9.10. The van der Waals surface area contributed by atoms with Crippen molar-refractivity contribution in [2.24, 2.45) is 0 Å². The van der Waals surface area contributed by atoms with Gasteiger partial charge in [-0.2, -0.15) is 0 Å². The number of rotatable bonds is 5. The Labute approximate surface area is 309 Å². The third-order valence-corrected chi connectivity index (χ3v) is 11.6. The molecule has 0 fully saturated rings. The van der Waals surface area contributed by atoms with Gasteiger partial charge in [-0.3, -0.25) is 0 Å². The van der Waals surface area contributed by atoms with Crippen LogP contribution in [0.4, 0.5) is 17.1 Å². The van der Waals surface area contributed by atoms with Crippen LogP contribution in [0.3, 0.4) is 0 Å². The Bertz CT molecular complexity index is 3190. The molecule has 0 spiro atoms. The molecule has 0 aliphatic heterocycles. The van der Waals surface area contributed by atoms with Gasteiger partial charge in [0.1, 0.15) is 5.52 Å². The molecule has 0 bridgehead atoms. The largest absolute Gasteiger partial charge is 0.436 e. The standard InChI is InChI=1S/C49H30N2OS/c1-2-12-35-29-37(25-19-31(35)9-1)51(36-23-20-34(21-24-36)40-16-7-13-32-10-3-5-14-39(32)40)38-26-27-42-46(30-38)53-45-18-8-17-43(47(42)45)49-50-48-41-15-6-4-11-33(41)22-28-44(48)52-49/h1-30H. The molecule has 0 atom stereocenters. The zero-order valence-corrected chi connectivity index (χ0v) is 29.3.